The third-order valence-corrected chi connectivity index (χ3v) is 5.39. The summed E-state index contributed by atoms with van der Waals surface area (Å²) in [6.45, 7) is 5.31. The summed E-state index contributed by atoms with van der Waals surface area (Å²) in [5.41, 5.74) is 0.0576. The van der Waals surface area contributed by atoms with Crippen LogP contribution in [0.4, 0.5) is 0 Å². The van der Waals surface area contributed by atoms with Crippen molar-refractivity contribution in [3.8, 4) is 0 Å². The maximum Gasteiger partial charge on any atom is 0.331 e. The molecule has 0 aromatic rings. The van der Waals surface area contributed by atoms with Crippen molar-refractivity contribution in [2.75, 3.05) is 7.11 Å². The number of rotatable bonds is 2. The molecule has 1 saturated carbocycles. The standard InChI is InChI=1S/C16H22O5/c1-9(14(18)19)12-8-15(3)10(2)13(17)6-5-11(15)7-16(12,20)21-4/h5-6,10-11,20H,7-8H2,1-4H3,(H,18,19)/b12-9-/t10-,11-,15+,16-/m0/s1. The number of hydrogen-bond acceptors (Lipinski definition) is 4. The molecular weight excluding hydrogens is 272 g/mol. The average Bonchev–Trinajstić information content (AvgIpc) is 2.44. The van der Waals surface area contributed by atoms with Crippen LogP contribution in [0.1, 0.15) is 33.6 Å². The van der Waals surface area contributed by atoms with E-state index >= 15 is 0 Å². The molecule has 0 unspecified atom stereocenters. The smallest absolute Gasteiger partial charge is 0.331 e. The van der Waals surface area contributed by atoms with Crippen LogP contribution in [-0.4, -0.2) is 34.9 Å². The van der Waals surface area contributed by atoms with E-state index in [0.29, 0.717) is 12.0 Å². The van der Waals surface area contributed by atoms with Crippen molar-refractivity contribution < 1.29 is 24.5 Å². The first-order valence-electron chi connectivity index (χ1n) is 7.09. The number of carboxylic acids is 1. The van der Waals surface area contributed by atoms with Crippen LogP contribution in [0.15, 0.2) is 23.3 Å². The Bertz CT molecular complexity index is 547. The van der Waals surface area contributed by atoms with Gasteiger partial charge in [-0.15, -0.1) is 0 Å². The highest BCUT2D eigenvalue weighted by Crippen LogP contribution is 2.55. The highest BCUT2D eigenvalue weighted by atomic mass is 16.6. The number of aliphatic hydroxyl groups is 1. The van der Waals surface area contributed by atoms with Gasteiger partial charge in [-0.25, -0.2) is 4.79 Å². The Morgan fingerprint density at radius 3 is 2.62 bits per heavy atom. The Labute approximate surface area is 124 Å². The number of carbonyl (C=O) groups excluding carboxylic acids is 1. The summed E-state index contributed by atoms with van der Waals surface area (Å²) < 4.78 is 5.23. The molecule has 0 aromatic carbocycles. The zero-order valence-corrected chi connectivity index (χ0v) is 12.8. The van der Waals surface area contributed by atoms with E-state index < -0.39 is 17.2 Å². The van der Waals surface area contributed by atoms with Crippen molar-refractivity contribution in [2.45, 2.75) is 39.4 Å². The van der Waals surface area contributed by atoms with Gasteiger partial charge in [-0.05, 0) is 36.3 Å². The van der Waals surface area contributed by atoms with E-state index in [2.05, 4.69) is 0 Å². The van der Waals surface area contributed by atoms with E-state index in [0.717, 1.165) is 0 Å². The molecule has 0 amide bonds. The maximum absolute atomic E-state index is 12.0. The van der Waals surface area contributed by atoms with Gasteiger partial charge in [0.2, 0.25) is 0 Å². The van der Waals surface area contributed by atoms with Crippen molar-refractivity contribution in [1.29, 1.82) is 0 Å². The topological polar surface area (TPSA) is 83.8 Å². The Balaban J connectivity index is 2.55. The van der Waals surface area contributed by atoms with Gasteiger partial charge in [-0.1, -0.05) is 19.9 Å². The summed E-state index contributed by atoms with van der Waals surface area (Å²) in [6.07, 6.45) is 3.97. The zero-order valence-electron chi connectivity index (χ0n) is 12.8. The van der Waals surface area contributed by atoms with Gasteiger partial charge in [0.05, 0.1) is 0 Å². The van der Waals surface area contributed by atoms with E-state index in [1.807, 2.05) is 19.9 Å². The summed E-state index contributed by atoms with van der Waals surface area (Å²) in [4.78, 5) is 23.3. The van der Waals surface area contributed by atoms with Gasteiger partial charge in [0.15, 0.2) is 11.6 Å². The van der Waals surface area contributed by atoms with Crippen LogP contribution in [0.25, 0.3) is 0 Å². The molecule has 5 heteroatoms. The number of ketones is 1. The lowest BCUT2D eigenvalue weighted by Crippen LogP contribution is -2.52. The minimum atomic E-state index is -1.59. The molecule has 21 heavy (non-hydrogen) atoms. The van der Waals surface area contributed by atoms with E-state index in [1.165, 1.54) is 14.0 Å². The first-order chi connectivity index (χ1) is 9.65. The lowest BCUT2D eigenvalue weighted by Gasteiger charge is -2.51. The number of carbonyl (C=O) groups is 2. The van der Waals surface area contributed by atoms with Crippen LogP contribution >= 0.6 is 0 Å². The normalized spacial score (nSPS) is 41.7. The van der Waals surface area contributed by atoms with Crippen LogP contribution in [0.3, 0.4) is 0 Å². The second-order valence-electron chi connectivity index (χ2n) is 6.37. The summed E-state index contributed by atoms with van der Waals surface area (Å²) in [5, 5.41) is 20.0. The fourth-order valence-corrected chi connectivity index (χ4v) is 3.51. The molecule has 0 saturated heterocycles. The SMILES string of the molecule is CO[C@@]1(O)C[C@@H]2C=CC(=O)[C@H](C)[C@@]2(C)C/C1=C(\C)C(=O)O. The fraction of sp³-hybridized carbons (Fsp3) is 0.625. The third kappa shape index (κ3) is 2.34. The molecule has 4 atom stereocenters. The number of aliphatic carboxylic acids is 1. The molecule has 2 aliphatic rings. The van der Waals surface area contributed by atoms with Crippen molar-refractivity contribution in [3.63, 3.8) is 0 Å². The summed E-state index contributed by atoms with van der Waals surface area (Å²) >= 11 is 0. The molecule has 116 valence electrons. The van der Waals surface area contributed by atoms with Crippen LogP contribution in [0.5, 0.6) is 0 Å². The average molecular weight is 294 g/mol. The number of carboxylic acid groups (broad SMARTS) is 1. The Hall–Kier alpha value is -1.46. The van der Waals surface area contributed by atoms with Crippen LogP contribution < -0.4 is 0 Å². The number of fused-ring (bicyclic) bond motifs is 1. The van der Waals surface area contributed by atoms with Gasteiger partial charge in [-0.3, -0.25) is 4.79 Å². The van der Waals surface area contributed by atoms with E-state index in [1.54, 1.807) is 6.08 Å². The highest BCUT2D eigenvalue weighted by Gasteiger charge is 2.54. The van der Waals surface area contributed by atoms with Crippen LogP contribution in [-0.2, 0) is 14.3 Å². The lowest BCUT2D eigenvalue weighted by atomic mass is 9.55. The van der Waals surface area contributed by atoms with E-state index in [-0.39, 0.29) is 29.6 Å². The first kappa shape index (κ1) is 15.9. The third-order valence-electron chi connectivity index (χ3n) is 5.39. The van der Waals surface area contributed by atoms with E-state index in [4.69, 9.17) is 4.74 Å². The predicted molar refractivity (Wildman–Crippen MR) is 76.4 cm³/mol. The van der Waals surface area contributed by atoms with Gasteiger partial charge in [0.25, 0.3) is 0 Å². The summed E-state index contributed by atoms with van der Waals surface area (Å²) in [5.74, 6) is -2.86. The zero-order chi connectivity index (χ0) is 16.0. The van der Waals surface area contributed by atoms with Crippen molar-refractivity contribution in [3.05, 3.63) is 23.3 Å². The second kappa shape index (κ2) is 5.07. The van der Waals surface area contributed by atoms with Crippen molar-refractivity contribution in [1.82, 2.24) is 0 Å². The number of allylic oxidation sites excluding steroid dienone is 2. The van der Waals surface area contributed by atoms with Gasteiger partial charge >= 0.3 is 5.97 Å². The molecule has 0 aromatic heterocycles. The predicted octanol–water partition coefficient (Wildman–Crippen LogP) is 1.91. The van der Waals surface area contributed by atoms with Gasteiger partial charge in [0, 0.05) is 25.0 Å². The minimum absolute atomic E-state index is 0.0273. The monoisotopic (exact) mass is 294 g/mol. The quantitative estimate of drug-likeness (QED) is 0.600. The molecule has 2 N–H and O–H groups in total. The maximum atomic E-state index is 12.0. The van der Waals surface area contributed by atoms with Crippen molar-refractivity contribution >= 4 is 11.8 Å². The van der Waals surface area contributed by atoms with Crippen LogP contribution in [0.2, 0.25) is 0 Å². The second-order valence-corrected chi connectivity index (χ2v) is 6.37. The molecule has 2 aliphatic carbocycles. The number of methoxy groups -OCH3 is 1. The molecule has 5 nitrogen and oxygen atoms in total. The minimum Gasteiger partial charge on any atom is -0.478 e. The van der Waals surface area contributed by atoms with E-state index in [9.17, 15) is 19.8 Å². The largest absolute Gasteiger partial charge is 0.478 e. The lowest BCUT2D eigenvalue weighted by molar-refractivity contribution is -0.193. The first-order valence-corrected chi connectivity index (χ1v) is 7.09. The van der Waals surface area contributed by atoms with Gasteiger partial charge < -0.3 is 14.9 Å². The Kier molecular flexibility index (Phi) is 3.84. The fourth-order valence-electron chi connectivity index (χ4n) is 3.51. The molecule has 0 radical (unpaired) electrons. The molecular formula is C16H22O5. The molecule has 0 spiro atoms. The molecule has 0 bridgehead atoms. The van der Waals surface area contributed by atoms with Crippen LogP contribution in [0, 0.1) is 17.3 Å². The van der Waals surface area contributed by atoms with Crippen molar-refractivity contribution in [2.24, 2.45) is 17.3 Å². The summed E-state index contributed by atoms with van der Waals surface area (Å²) in [6, 6.07) is 0. The number of hydrogen-bond donors (Lipinski definition) is 2. The highest BCUT2D eigenvalue weighted by molar-refractivity contribution is 5.93. The van der Waals surface area contributed by atoms with Gasteiger partial charge in [0.1, 0.15) is 0 Å². The summed E-state index contributed by atoms with van der Waals surface area (Å²) in [7, 11) is 1.37. The molecule has 2 rings (SSSR count). The Morgan fingerprint density at radius 2 is 2.10 bits per heavy atom. The van der Waals surface area contributed by atoms with Gasteiger partial charge in [-0.2, -0.15) is 0 Å². The molecule has 0 aliphatic heterocycles. The molecule has 0 heterocycles. The Morgan fingerprint density at radius 1 is 1.48 bits per heavy atom. The number of ether oxygens (including phenoxy) is 1. The molecule has 1 fully saturated rings.